The molecule has 4 heteroatoms. The summed E-state index contributed by atoms with van der Waals surface area (Å²) in [5.74, 6) is 0. The number of nitrogens with zero attached hydrogens (tertiary/aromatic N) is 2. The van der Waals surface area contributed by atoms with Gasteiger partial charge in [0.05, 0.1) is 17.1 Å². The summed E-state index contributed by atoms with van der Waals surface area (Å²) in [6, 6.07) is 36.7. The maximum atomic E-state index is 6.15. The minimum absolute atomic E-state index is 0.731. The van der Waals surface area contributed by atoms with Crippen LogP contribution in [0.2, 0.25) is 5.02 Å². The summed E-state index contributed by atoms with van der Waals surface area (Å²) >= 11 is 6.15. The van der Waals surface area contributed by atoms with Gasteiger partial charge in [-0.3, -0.25) is 5.43 Å². The molecule has 0 amide bonds. The second kappa shape index (κ2) is 8.50. The first kappa shape index (κ1) is 19.2. The first-order chi connectivity index (χ1) is 15.3. The Morgan fingerprint density at radius 2 is 1.26 bits per heavy atom. The molecule has 0 spiro atoms. The van der Waals surface area contributed by atoms with Crippen LogP contribution in [0, 0.1) is 0 Å². The molecule has 0 unspecified atom stereocenters. The van der Waals surface area contributed by atoms with Crippen molar-refractivity contribution >= 4 is 28.7 Å². The standard InChI is InChI=1S/C27H20ClN3/c28-24-13-7-12-23(18-24)20-14-16-25(17-15-20)31-29-26(21-8-3-1-4-9-21)19-27(30-31)22-10-5-2-6-11-22/h1-19,29H. The van der Waals surface area contributed by atoms with Crippen LogP contribution < -0.4 is 10.5 Å². The normalized spacial score (nSPS) is 13.3. The lowest BCUT2D eigenvalue weighted by molar-refractivity contribution is 0.787. The van der Waals surface area contributed by atoms with E-state index >= 15 is 0 Å². The van der Waals surface area contributed by atoms with Crippen molar-refractivity contribution in [3.05, 3.63) is 131 Å². The summed E-state index contributed by atoms with van der Waals surface area (Å²) in [5, 5.41) is 7.41. The van der Waals surface area contributed by atoms with E-state index in [4.69, 9.17) is 16.7 Å². The fourth-order valence-corrected chi connectivity index (χ4v) is 3.74. The van der Waals surface area contributed by atoms with Crippen LogP contribution in [0.1, 0.15) is 11.1 Å². The Hall–Kier alpha value is -3.82. The van der Waals surface area contributed by atoms with Gasteiger partial charge in [0.25, 0.3) is 0 Å². The Kier molecular flexibility index (Phi) is 5.26. The molecular formula is C27H20ClN3. The first-order valence-corrected chi connectivity index (χ1v) is 10.5. The topological polar surface area (TPSA) is 27.6 Å². The molecule has 0 fully saturated rings. The number of benzene rings is 4. The molecule has 3 nitrogen and oxygen atoms in total. The molecule has 0 saturated carbocycles. The van der Waals surface area contributed by atoms with Gasteiger partial charge in [-0.15, -0.1) is 0 Å². The van der Waals surface area contributed by atoms with Crippen molar-refractivity contribution in [3.63, 3.8) is 0 Å². The predicted octanol–water partition coefficient (Wildman–Crippen LogP) is 6.78. The molecule has 31 heavy (non-hydrogen) atoms. The third kappa shape index (κ3) is 4.23. The lowest BCUT2D eigenvalue weighted by atomic mass is 10.0. The Morgan fingerprint density at radius 1 is 0.613 bits per heavy atom. The van der Waals surface area contributed by atoms with Crippen molar-refractivity contribution in [2.24, 2.45) is 5.10 Å². The van der Waals surface area contributed by atoms with Crippen LogP contribution in [-0.4, -0.2) is 5.71 Å². The second-order valence-electron chi connectivity index (χ2n) is 7.26. The molecule has 4 aromatic rings. The number of allylic oxidation sites excluding steroid dienone is 1. The van der Waals surface area contributed by atoms with Crippen LogP contribution in [0.4, 0.5) is 5.69 Å². The van der Waals surface area contributed by atoms with Gasteiger partial charge in [-0.05, 0) is 47.0 Å². The zero-order chi connectivity index (χ0) is 21.0. The van der Waals surface area contributed by atoms with E-state index in [2.05, 4.69) is 66.1 Å². The molecule has 1 N–H and O–H groups in total. The molecule has 150 valence electrons. The lowest BCUT2D eigenvalue weighted by Gasteiger charge is -2.28. The van der Waals surface area contributed by atoms with E-state index in [0.717, 1.165) is 44.4 Å². The number of hydrogen-bond acceptors (Lipinski definition) is 3. The van der Waals surface area contributed by atoms with Gasteiger partial charge in [0.1, 0.15) is 0 Å². The number of hydrazine groups is 1. The lowest BCUT2D eigenvalue weighted by Crippen LogP contribution is -2.36. The average molecular weight is 422 g/mol. The van der Waals surface area contributed by atoms with Crippen molar-refractivity contribution < 1.29 is 0 Å². The molecule has 0 aromatic heterocycles. The quantitative estimate of drug-likeness (QED) is 0.393. The van der Waals surface area contributed by atoms with Crippen LogP contribution in [0.5, 0.6) is 0 Å². The van der Waals surface area contributed by atoms with Gasteiger partial charge in [-0.2, -0.15) is 10.2 Å². The highest BCUT2D eigenvalue weighted by molar-refractivity contribution is 6.30. The van der Waals surface area contributed by atoms with Crippen LogP contribution in [0.15, 0.2) is 120 Å². The number of halogens is 1. The van der Waals surface area contributed by atoms with Gasteiger partial charge < -0.3 is 0 Å². The largest absolute Gasteiger partial charge is 0.277 e. The Labute approximate surface area is 186 Å². The smallest absolute Gasteiger partial charge is 0.0949 e. The molecule has 0 bridgehead atoms. The third-order valence-electron chi connectivity index (χ3n) is 5.14. The van der Waals surface area contributed by atoms with Gasteiger partial charge in [0, 0.05) is 10.6 Å². The van der Waals surface area contributed by atoms with Crippen LogP contribution in [0.25, 0.3) is 16.8 Å². The molecule has 0 atom stereocenters. The Bertz CT molecular complexity index is 1250. The van der Waals surface area contributed by atoms with Gasteiger partial charge >= 0.3 is 0 Å². The number of rotatable bonds is 4. The van der Waals surface area contributed by atoms with Crippen molar-refractivity contribution in [1.82, 2.24) is 5.43 Å². The maximum Gasteiger partial charge on any atom is 0.0949 e. The second-order valence-corrected chi connectivity index (χ2v) is 7.69. The van der Waals surface area contributed by atoms with E-state index in [9.17, 15) is 0 Å². The number of nitrogens with one attached hydrogen (secondary N) is 1. The van der Waals surface area contributed by atoms with Crippen LogP contribution >= 0.6 is 11.6 Å². The van der Waals surface area contributed by atoms with Gasteiger partial charge in [0.2, 0.25) is 0 Å². The number of hydrogen-bond donors (Lipinski definition) is 1. The molecule has 5 rings (SSSR count). The summed E-state index contributed by atoms with van der Waals surface area (Å²) in [4.78, 5) is 0. The zero-order valence-corrected chi connectivity index (χ0v) is 17.5. The average Bonchev–Trinajstić information content (AvgIpc) is 2.85. The van der Waals surface area contributed by atoms with E-state index < -0.39 is 0 Å². The highest BCUT2D eigenvalue weighted by Gasteiger charge is 2.17. The summed E-state index contributed by atoms with van der Waals surface area (Å²) < 4.78 is 0. The molecule has 0 saturated heterocycles. The molecule has 0 radical (unpaired) electrons. The summed E-state index contributed by atoms with van der Waals surface area (Å²) in [6.07, 6.45) is 2.08. The van der Waals surface area contributed by atoms with E-state index in [1.807, 2.05) is 59.7 Å². The molecule has 0 aliphatic carbocycles. The fraction of sp³-hybridized carbons (Fsp3) is 0. The molecule has 1 heterocycles. The molecule has 1 aliphatic heterocycles. The van der Waals surface area contributed by atoms with Crippen LogP contribution in [-0.2, 0) is 0 Å². The van der Waals surface area contributed by atoms with Crippen molar-refractivity contribution in [2.75, 3.05) is 5.12 Å². The van der Waals surface area contributed by atoms with E-state index in [1.54, 1.807) is 0 Å². The van der Waals surface area contributed by atoms with Gasteiger partial charge in [-0.1, -0.05) is 96.5 Å². The molecular weight excluding hydrogens is 402 g/mol. The Morgan fingerprint density at radius 3 is 1.94 bits per heavy atom. The summed E-state index contributed by atoms with van der Waals surface area (Å²) in [5.41, 5.74) is 10.6. The monoisotopic (exact) mass is 421 g/mol. The summed E-state index contributed by atoms with van der Waals surface area (Å²) in [6.45, 7) is 0. The third-order valence-corrected chi connectivity index (χ3v) is 5.37. The highest BCUT2D eigenvalue weighted by Crippen LogP contribution is 2.27. The van der Waals surface area contributed by atoms with E-state index in [1.165, 1.54) is 0 Å². The first-order valence-electron chi connectivity index (χ1n) is 10.1. The predicted molar refractivity (Wildman–Crippen MR) is 130 cm³/mol. The van der Waals surface area contributed by atoms with Crippen LogP contribution in [0.3, 0.4) is 0 Å². The van der Waals surface area contributed by atoms with Gasteiger partial charge in [-0.25, -0.2) is 0 Å². The van der Waals surface area contributed by atoms with E-state index in [-0.39, 0.29) is 0 Å². The highest BCUT2D eigenvalue weighted by atomic mass is 35.5. The maximum absolute atomic E-state index is 6.15. The van der Waals surface area contributed by atoms with E-state index in [0.29, 0.717) is 0 Å². The van der Waals surface area contributed by atoms with Gasteiger partial charge in [0.15, 0.2) is 0 Å². The molecule has 4 aromatic carbocycles. The SMILES string of the molecule is Clc1cccc(-c2ccc(N3N=C(c4ccccc4)C=C(c4ccccc4)N3)cc2)c1. The minimum Gasteiger partial charge on any atom is -0.277 e. The minimum atomic E-state index is 0.731. The van der Waals surface area contributed by atoms with Crippen molar-refractivity contribution in [1.29, 1.82) is 0 Å². The van der Waals surface area contributed by atoms with Crippen molar-refractivity contribution in [3.8, 4) is 11.1 Å². The Balaban J connectivity index is 1.51. The number of anilines is 1. The van der Waals surface area contributed by atoms with Crippen molar-refractivity contribution in [2.45, 2.75) is 0 Å². The number of hydrazone groups is 1. The fourth-order valence-electron chi connectivity index (χ4n) is 3.55. The summed E-state index contributed by atoms with van der Waals surface area (Å²) in [7, 11) is 0. The molecule has 1 aliphatic rings. The zero-order valence-electron chi connectivity index (χ0n) is 16.7.